The summed E-state index contributed by atoms with van der Waals surface area (Å²) < 4.78 is 1.37. The van der Waals surface area contributed by atoms with Crippen LogP contribution in [-0.2, 0) is 11.3 Å². The summed E-state index contributed by atoms with van der Waals surface area (Å²) in [6.07, 6.45) is 6.20. The molecule has 7 nitrogen and oxygen atoms in total. The predicted molar refractivity (Wildman–Crippen MR) is 95.2 cm³/mol. The fourth-order valence-corrected chi connectivity index (χ4v) is 2.78. The van der Waals surface area contributed by atoms with Gasteiger partial charge in [-0.3, -0.25) is 19.1 Å². The summed E-state index contributed by atoms with van der Waals surface area (Å²) in [6, 6.07) is 0. The lowest BCUT2D eigenvalue weighted by Crippen LogP contribution is -2.42. The zero-order valence-corrected chi connectivity index (χ0v) is 14.6. The molecular formula is C17H28N4O3. The van der Waals surface area contributed by atoms with Crippen LogP contribution in [0.5, 0.6) is 0 Å². The molecule has 0 aliphatic heterocycles. The highest BCUT2D eigenvalue weighted by atomic mass is 16.2. The summed E-state index contributed by atoms with van der Waals surface area (Å²) in [4.78, 5) is 40.9. The number of nitrogens with two attached hydrogens (primary N) is 1. The summed E-state index contributed by atoms with van der Waals surface area (Å²) >= 11 is 0. The number of nitrogen functional groups attached to an aromatic ring is 1. The molecule has 1 heterocycles. The maximum atomic E-state index is 12.6. The number of H-pyrrole nitrogens is 1. The lowest BCUT2D eigenvalue weighted by Gasteiger charge is -2.24. The van der Waals surface area contributed by atoms with Gasteiger partial charge in [0, 0.05) is 19.0 Å². The number of hydrogen-bond acceptors (Lipinski definition) is 4. The maximum Gasteiger partial charge on any atom is 0.330 e. The molecule has 1 amide bonds. The van der Waals surface area contributed by atoms with E-state index < -0.39 is 11.2 Å². The summed E-state index contributed by atoms with van der Waals surface area (Å²) in [7, 11) is 0. The third-order valence-electron chi connectivity index (χ3n) is 4.40. The molecule has 7 heteroatoms. The average Bonchev–Trinajstić information content (AvgIpc) is 3.37. The first-order valence-electron chi connectivity index (χ1n) is 8.95. The number of carbonyl (C=O) groups excluding carboxylic acids is 1. The minimum absolute atomic E-state index is 0.0125. The van der Waals surface area contributed by atoms with E-state index in [1.807, 2.05) is 6.92 Å². The molecular weight excluding hydrogens is 308 g/mol. The van der Waals surface area contributed by atoms with Crippen molar-refractivity contribution in [3.05, 3.63) is 20.8 Å². The number of carbonyl (C=O) groups is 1. The van der Waals surface area contributed by atoms with Crippen LogP contribution < -0.4 is 21.9 Å². The van der Waals surface area contributed by atoms with E-state index in [0.29, 0.717) is 13.1 Å². The Morgan fingerprint density at radius 3 is 2.46 bits per heavy atom. The molecule has 1 fully saturated rings. The van der Waals surface area contributed by atoms with E-state index in [1.54, 1.807) is 0 Å². The van der Waals surface area contributed by atoms with Crippen LogP contribution in [0.1, 0.15) is 58.8 Å². The molecule has 0 bridgehead atoms. The number of rotatable bonds is 9. The number of amides is 1. The third kappa shape index (κ3) is 4.07. The van der Waals surface area contributed by atoms with E-state index in [4.69, 9.17) is 5.73 Å². The van der Waals surface area contributed by atoms with Gasteiger partial charge in [0.1, 0.15) is 5.82 Å². The van der Waals surface area contributed by atoms with Crippen LogP contribution in [0.3, 0.4) is 0 Å². The summed E-state index contributed by atoms with van der Waals surface area (Å²) in [5.41, 5.74) is 5.19. The zero-order chi connectivity index (χ0) is 17.7. The molecule has 1 aromatic heterocycles. The number of nitrogens with zero attached hydrogens (tertiary/aromatic N) is 2. The Kier molecular flexibility index (Phi) is 6.23. The van der Waals surface area contributed by atoms with Gasteiger partial charge in [0.05, 0.1) is 0 Å². The van der Waals surface area contributed by atoms with Gasteiger partial charge in [-0.25, -0.2) is 4.79 Å². The van der Waals surface area contributed by atoms with Crippen LogP contribution >= 0.6 is 0 Å². The molecule has 0 aromatic carbocycles. The fraction of sp³-hybridized carbons (Fsp3) is 0.706. The van der Waals surface area contributed by atoms with E-state index in [2.05, 4.69) is 11.9 Å². The molecule has 0 saturated heterocycles. The fourth-order valence-electron chi connectivity index (χ4n) is 2.78. The second-order valence-corrected chi connectivity index (χ2v) is 6.47. The van der Waals surface area contributed by atoms with E-state index >= 15 is 0 Å². The van der Waals surface area contributed by atoms with Crippen molar-refractivity contribution < 1.29 is 4.79 Å². The van der Waals surface area contributed by atoms with Gasteiger partial charge in [0.25, 0.3) is 5.56 Å². The minimum Gasteiger partial charge on any atom is -0.383 e. The lowest BCUT2D eigenvalue weighted by molar-refractivity contribution is -0.119. The molecule has 1 aliphatic rings. The number of aromatic nitrogens is 2. The van der Waals surface area contributed by atoms with Crippen LogP contribution in [0.25, 0.3) is 0 Å². The number of nitrogens with one attached hydrogen (secondary N) is 1. The van der Waals surface area contributed by atoms with Gasteiger partial charge < -0.3 is 10.6 Å². The topological polar surface area (TPSA) is 101 Å². The molecule has 0 spiro atoms. The molecule has 2 rings (SSSR count). The smallest absolute Gasteiger partial charge is 0.330 e. The highest BCUT2D eigenvalue weighted by molar-refractivity contribution is 5.98. The Hall–Kier alpha value is -2.05. The zero-order valence-electron chi connectivity index (χ0n) is 14.6. The maximum absolute atomic E-state index is 12.6. The van der Waals surface area contributed by atoms with Crippen molar-refractivity contribution in [2.75, 3.05) is 17.2 Å². The van der Waals surface area contributed by atoms with Crippen molar-refractivity contribution in [3.8, 4) is 0 Å². The van der Waals surface area contributed by atoms with Crippen molar-refractivity contribution in [2.24, 2.45) is 5.92 Å². The van der Waals surface area contributed by atoms with Crippen LogP contribution in [0.2, 0.25) is 0 Å². The van der Waals surface area contributed by atoms with Crippen LogP contribution in [-0.4, -0.2) is 22.0 Å². The first kappa shape index (κ1) is 18.3. The SMILES string of the molecule is CCCCCN(C(=O)C1CC1)c1c(N)n(CCCC)c(=O)[nH]c1=O. The Morgan fingerprint density at radius 2 is 1.88 bits per heavy atom. The third-order valence-corrected chi connectivity index (χ3v) is 4.40. The molecule has 1 saturated carbocycles. The molecule has 134 valence electrons. The van der Waals surface area contributed by atoms with E-state index in [-0.39, 0.29) is 23.3 Å². The molecule has 0 unspecified atom stereocenters. The molecule has 0 radical (unpaired) electrons. The standard InChI is InChI=1S/C17H28N4O3/c1-3-5-7-11-20(16(23)12-8-9-12)13-14(18)21(10-6-4-2)17(24)19-15(13)22/h12H,3-11,18H2,1-2H3,(H,19,22,24). The van der Waals surface area contributed by atoms with E-state index in [0.717, 1.165) is 44.9 Å². The van der Waals surface area contributed by atoms with E-state index in [9.17, 15) is 14.4 Å². The lowest BCUT2D eigenvalue weighted by atomic mass is 10.2. The normalized spacial score (nSPS) is 13.9. The highest BCUT2D eigenvalue weighted by Crippen LogP contribution is 2.33. The predicted octanol–water partition coefficient (Wildman–Crippen LogP) is 1.85. The van der Waals surface area contributed by atoms with Crippen molar-refractivity contribution in [2.45, 2.75) is 65.3 Å². The number of hydrogen-bond donors (Lipinski definition) is 2. The molecule has 24 heavy (non-hydrogen) atoms. The first-order valence-corrected chi connectivity index (χ1v) is 8.95. The van der Waals surface area contributed by atoms with Gasteiger partial charge in [-0.05, 0) is 25.7 Å². The Morgan fingerprint density at radius 1 is 1.21 bits per heavy atom. The molecule has 1 aliphatic carbocycles. The second-order valence-electron chi connectivity index (χ2n) is 6.47. The molecule has 1 aromatic rings. The van der Waals surface area contributed by atoms with Crippen molar-refractivity contribution in [3.63, 3.8) is 0 Å². The highest BCUT2D eigenvalue weighted by Gasteiger charge is 2.36. The second kappa shape index (κ2) is 8.17. The summed E-state index contributed by atoms with van der Waals surface area (Å²) in [5, 5.41) is 0. The van der Waals surface area contributed by atoms with Gasteiger partial charge in [-0.15, -0.1) is 0 Å². The first-order chi connectivity index (χ1) is 11.5. The molecule has 0 atom stereocenters. The van der Waals surface area contributed by atoms with Gasteiger partial charge in [-0.1, -0.05) is 33.1 Å². The van der Waals surface area contributed by atoms with Crippen molar-refractivity contribution >= 4 is 17.4 Å². The molecule has 3 N–H and O–H groups in total. The Bertz CT molecular complexity index is 688. The van der Waals surface area contributed by atoms with Gasteiger partial charge in [0.15, 0.2) is 5.69 Å². The summed E-state index contributed by atoms with van der Waals surface area (Å²) in [5.74, 6) is 0.0353. The minimum atomic E-state index is -0.573. The monoisotopic (exact) mass is 336 g/mol. The quantitative estimate of drug-likeness (QED) is 0.672. The van der Waals surface area contributed by atoms with Crippen molar-refractivity contribution in [1.82, 2.24) is 9.55 Å². The van der Waals surface area contributed by atoms with Crippen LogP contribution in [0, 0.1) is 5.92 Å². The number of anilines is 2. The van der Waals surface area contributed by atoms with Crippen LogP contribution in [0.15, 0.2) is 9.59 Å². The number of unbranched alkanes of at least 4 members (excludes halogenated alkanes) is 3. The van der Waals surface area contributed by atoms with Crippen LogP contribution in [0.4, 0.5) is 11.5 Å². The number of aromatic amines is 1. The average molecular weight is 336 g/mol. The Labute approximate surface area is 141 Å². The Balaban J connectivity index is 2.41. The van der Waals surface area contributed by atoms with E-state index in [1.165, 1.54) is 9.47 Å². The summed E-state index contributed by atoms with van der Waals surface area (Å²) in [6.45, 7) is 4.99. The van der Waals surface area contributed by atoms with Gasteiger partial charge in [-0.2, -0.15) is 0 Å². The van der Waals surface area contributed by atoms with Gasteiger partial charge >= 0.3 is 5.69 Å². The largest absolute Gasteiger partial charge is 0.383 e. The van der Waals surface area contributed by atoms with Gasteiger partial charge in [0.2, 0.25) is 5.91 Å². The van der Waals surface area contributed by atoms with Crippen molar-refractivity contribution in [1.29, 1.82) is 0 Å².